The molecular weight excluding hydrogens is 361 g/mol. The number of carbonyl (C=O) groups excluding carboxylic acids is 1. The van der Waals surface area contributed by atoms with Gasteiger partial charge in [0, 0.05) is 36.7 Å². The number of aromatic nitrogens is 5. The van der Waals surface area contributed by atoms with Gasteiger partial charge in [0.25, 0.3) is 0 Å². The zero-order chi connectivity index (χ0) is 19.5. The number of benzene rings is 1. The van der Waals surface area contributed by atoms with Gasteiger partial charge in [0.2, 0.25) is 0 Å². The molecule has 9 heteroatoms. The zero-order valence-electron chi connectivity index (χ0n) is 15.6. The number of hydrogen-bond donors (Lipinski definition) is 3. The van der Waals surface area contributed by atoms with Crippen LogP contribution in [0, 0.1) is 12.7 Å². The maximum atomic E-state index is 13.1. The van der Waals surface area contributed by atoms with Gasteiger partial charge in [0.05, 0.1) is 11.9 Å². The number of rotatable bonds is 4. The molecule has 1 aliphatic rings. The molecule has 1 saturated heterocycles. The van der Waals surface area contributed by atoms with Gasteiger partial charge in [-0.1, -0.05) is 0 Å². The topological polar surface area (TPSA) is 103 Å². The van der Waals surface area contributed by atoms with Crippen LogP contribution >= 0.6 is 0 Å². The Labute approximate surface area is 161 Å². The maximum absolute atomic E-state index is 13.1. The fraction of sp³-hybridized carbons (Fsp3) is 0.368. The van der Waals surface area contributed by atoms with Gasteiger partial charge < -0.3 is 10.2 Å². The van der Waals surface area contributed by atoms with Crippen LogP contribution in [0.2, 0.25) is 0 Å². The molecule has 0 bridgehead atoms. The molecule has 3 aromatic rings. The van der Waals surface area contributed by atoms with Crippen LogP contribution in [0.3, 0.4) is 0 Å². The van der Waals surface area contributed by atoms with Crippen molar-refractivity contribution in [1.29, 1.82) is 0 Å². The Morgan fingerprint density at radius 2 is 2.14 bits per heavy atom. The minimum absolute atomic E-state index is 0.122. The molecule has 28 heavy (non-hydrogen) atoms. The first kappa shape index (κ1) is 18.1. The molecule has 0 unspecified atom stereocenters. The molecule has 1 aliphatic heterocycles. The summed E-state index contributed by atoms with van der Waals surface area (Å²) in [4.78, 5) is 18.9. The summed E-state index contributed by atoms with van der Waals surface area (Å²) in [5.41, 5.74) is 2.44. The number of carbonyl (C=O) groups is 1. The van der Waals surface area contributed by atoms with Crippen molar-refractivity contribution in [3.8, 4) is 11.3 Å². The van der Waals surface area contributed by atoms with Crippen molar-refractivity contribution in [2.75, 3.05) is 13.1 Å². The van der Waals surface area contributed by atoms with E-state index in [2.05, 4.69) is 30.7 Å². The molecule has 1 aromatic carbocycles. The maximum Gasteiger partial charge on any atom is 0.317 e. The summed E-state index contributed by atoms with van der Waals surface area (Å²) in [7, 11) is 0. The molecule has 4 rings (SSSR count). The van der Waals surface area contributed by atoms with Crippen LogP contribution in [-0.2, 0) is 6.54 Å². The summed E-state index contributed by atoms with van der Waals surface area (Å²) in [5.74, 6) is 1.40. The lowest BCUT2D eigenvalue weighted by molar-refractivity contribution is 0.178. The lowest BCUT2D eigenvalue weighted by Gasteiger charge is -2.31. The zero-order valence-corrected chi connectivity index (χ0v) is 15.6. The summed E-state index contributed by atoms with van der Waals surface area (Å²) in [6.07, 6.45) is 3.56. The van der Waals surface area contributed by atoms with Gasteiger partial charge >= 0.3 is 6.03 Å². The molecule has 3 N–H and O–H groups in total. The predicted octanol–water partition coefficient (Wildman–Crippen LogP) is 2.73. The van der Waals surface area contributed by atoms with E-state index in [9.17, 15) is 9.18 Å². The van der Waals surface area contributed by atoms with Gasteiger partial charge in [0.15, 0.2) is 5.82 Å². The second-order valence-corrected chi connectivity index (χ2v) is 7.00. The summed E-state index contributed by atoms with van der Waals surface area (Å²) < 4.78 is 13.1. The molecule has 146 valence electrons. The van der Waals surface area contributed by atoms with Crippen molar-refractivity contribution in [2.24, 2.45) is 0 Å². The van der Waals surface area contributed by atoms with E-state index < -0.39 is 0 Å². The standard InChI is InChI=1S/C19H22FN7O/c1-12-23-18(26-24-12)14-3-2-8-27(11-14)19(28)21-9-15-10-22-25-17(15)13-4-6-16(20)7-5-13/h4-7,10,14H,2-3,8-9,11H2,1H3,(H,21,28)(H,22,25)(H,23,24,26)/t14-/m0/s1. The van der Waals surface area contributed by atoms with Gasteiger partial charge in [-0.25, -0.2) is 14.2 Å². The van der Waals surface area contributed by atoms with E-state index in [-0.39, 0.29) is 17.8 Å². The minimum atomic E-state index is -0.292. The van der Waals surface area contributed by atoms with Crippen LogP contribution in [-0.4, -0.2) is 49.4 Å². The van der Waals surface area contributed by atoms with Crippen molar-refractivity contribution >= 4 is 6.03 Å². The highest BCUT2D eigenvalue weighted by Crippen LogP contribution is 2.25. The van der Waals surface area contributed by atoms with Crippen LogP contribution in [0.5, 0.6) is 0 Å². The lowest BCUT2D eigenvalue weighted by atomic mass is 9.97. The van der Waals surface area contributed by atoms with Crippen molar-refractivity contribution in [2.45, 2.75) is 32.2 Å². The average Bonchev–Trinajstić information content (AvgIpc) is 3.36. The summed E-state index contributed by atoms with van der Waals surface area (Å²) in [5, 5.41) is 17.0. The van der Waals surface area contributed by atoms with E-state index in [1.165, 1.54) is 12.1 Å². The average molecular weight is 383 g/mol. The third-order valence-corrected chi connectivity index (χ3v) is 4.97. The Balaban J connectivity index is 1.38. The molecular formula is C19H22FN7O. The number of halogens is 1. The van der Waals surface area contributed by atoms with Crippen molar-refractivity contribution < 1.29 is 9.18 Å². The molecule has 0 saturated carbocycles. The number of likely N-dealkylation sites (tertiary alicyclic amines) is 1. The Kier molecular flexibility index (Phi) is 5.05. The first-order valence-corrected chi connectivity index (χ1v) is 9.30. The quantitative estimate of drug-likeness (QED) is 0.644. The van der Waals surface area contributed by atoms with Crippen LogP contribution in [0.1, 0.15) is 36.0 Å². The number of aromatic amines is 2. The van der Waals surface area contributed by atoms with Gasteiger partial charge in [-0.05, 0) is 44.0 Å². The molecule has 2 amide bonds. The molecule has 2 aromatic heterocycles. The van der Waals surface area contributed by atoms with E-state index in [1.807, 2.05) is 6.92 Å². The Bertz CT molecular complexity index is 949. The normalized spacial score (nSPS) is 16.9. The van der Waals surface area contributed by atoms with Gasteiger partial charge in [-0.2, -0.15) is 10.2 Å². The largest absolute Gasteiger partial charge is 0.334 e. The van der Waals surface area contributed by atoms with Crippen molar-refractivity contribution in [1.82, 2.24) is 35.6 Å². The molecule has 8 nitrogen and oxygen atoms in total. The molecule has 3 heterocycles. The lowest BCUT2D eigenvalue weighted by Crippen LogP contribution is -2.44. The number of H-pyrrole nitrogens is 2. The van der Waals surface area contributed by atoms with E-state index in [4.69, 9.17) is 0 Å². The Hall–Kier alpha value is -3.23. The van der Waals surface area contributed by atoms with Crippen LogP contribution in [0.15, 0.2) is 30.5 Å². The van der Waals surface area contributed by atoms with Crippen molar-refractivity contribution in [3.05, 3.63) is 53.5 Å². The van der Waals surface area contributed by atoms with E-state index in [1.54, 1.807) is 23.2 Å². The van der Waals surface area contributed by atoms with Gasteiger partial charge in [-0.15, -0.1) is 0 Å². The number of amides is 2. The second-order valence-electron chi connectivity index (χ2n) is 7.00. The summed E-state index contributed by atoms with van der Waals surface area (Å²) in [6, 6.07) is 6.04. The smallest absolute Gasteiger partial charge is 0.317 e. The van der Waals surface area contributed by atoms with Crippen molar-refractivity contribution in [3.63, 3.8) is 0 Å². The minimum Gasteiger partial charge on any atom is -0.334 e. The highest BCUT2D eigenvalue weighted by molar-refractivity contribution is 5.75. The third-order valence-electron chi connectivity index (χ3n) is 4.97. The van der Waals surface area contributed by atoms with Gasteiger partial charge in [0.1, 0.15) is 11.6 Å². The first-order chi connectivity index (χ1) is 13.6. The predicted molar refractivity (Wildman–Crippen MR) is 101 cm³/mol. The third kappa shape index (κ3) is 3.88. The van der Waals surface area contributed by atoms with E-state index >= 15 is 0 Å². The number of nitrogens with zero attached hydrogens (tertiary/aromatic N) is 4. The molecule has 0 radical (unpaired) electrons. The summed E-state index contributed by atoms with van der Waals surface area (Å²) >= 11 is 0. The number of piperidine rings is 1. The SMILES string of the molecule is Cc1nc([C@H]2CCCN(C(=O)NCc3cn[nH]c3-c3ccc(F)cc3)C2)n[nH]1. The fourth-order valence-corrected chi connectivity index (χ4v) is 3.51. The van der Waals surface area contributed by atoms with E-state index in [0.29, 0.717) is 19.6 Å². The number of hydrogen-bond acceptors (Lipinski definition) is 4. The second kappa shape index (κ2) is 7.79. The van der Waals surface area contributed by atoms with E-state index in [0.717, 1.165) is 41.3 Å². The highest BCUT2D eigenvalue weighted by atomic mass is 19.1. The fourth-order valence-electron chi connectivity index (χ4n) is 3.51. The number of aryl methyl sites for hydroxylation is 1. The molecule has 1 atom stereocenters. The first-order valence-electron chi connectivity index (χ1n) is 9.30. The molecule has 0 spiro atoms. The Morgan fingerprint density at radius 3 is 2.89 bits per heavy atom. The van der Waals surface area contributed by atoms with Crippen LogP contribution in [0.25, 0.3) is 11.3 Å². The monoisotopic (exact) mass is 383 g/mol. The summed E-state index contributed by atoms with van der Waals surface area (Å²) in [6.45, 7) is 3.51. The number of nitrogens with one attached hydrogen (secondary N) is 3. The molecule has 0 aliphatic carbocycles. The molecule has 1 fully saturated rings. The number of urea groups is 1. The Morgan fingerprint density at radius 1 is 1.32 bits per heavy atom. The van der Waals surface area contributed by atoms with Gasteiger partial charge in [-0.3, -0.25) is 10.2 Å². The highest BCUT2D eigenvalue weighted by Gasteiger charge is 2.27. The van der Waals surface area contributed by atoms with Crippen LogP contribution < -0.4 is 5.32 Å². The van der Waals surface area contributed by atoms with Crippen LogP contribution in [0.4, 0.5) is 9.18 Å².